The second kappa shape index (κ2) is 5.33. The Labute approximate surface area is 117 Å². The molecule has 0 spiro atoms. The zero-order valence-electron chi connectivity index (χ0n) is 11.2. The van der Waals surface area contributed by atoms with Gasteiger partial charge in [-0.3, -0.25) is 9.59 Å². The van der Waals surface area contributed by atoms with Gasteiger partial charge in [0.2, 0.25) is 0 Å². The third-order valence-electron chi connectivity index (χ3n) is 3.66. The number of aromatic nitrogens is 1. The van der Waals surface area contributed by atoms with Gasteiger partial charge >= 0.3 is 0 Å². The van der Waals surface area contributed by atoms with Crippen LogP contribution in [0.25, 0.3) is 0 Å². The molecule has 1 aliphatic heterocycles. The molecule has 102 valence electrons. The van der Waals surface area contributed by atoms with E-state index in [2.05, 4.69) is 4.90 Å². The number of pyridine rings is 1. The molecule has 0 saturated carbocycles. The fourth-order valence-corrected chi connectivity index (χ4v) is 2.58. The molecule has 0 saturated heterocycles. The number of para-hydroxylation sites is 1. The molecular formula is C16H16N2O2. The average Bonchev–Trinajstić information content (AvgIpc) is 2.48. The monoisotopic (exact) mass is 268 g/mol. The smallest absolute Gasteiger partial charge is 0.250 e. The summed E-state index contributed by atoms with van der Waals surface area (Å²) in [4.78, 5) is 25.7. The summed E-state index contributed by atoms with van der Waals surface area (Å²) in [6.45, 7) is 2.08. The van der Waals surface area contributed by atoms with E-state index in [9.17, 15) is 9.59 Å². The Bertz CT molecular complexity index is 691. The van der Waals surface area contributed by atoms with E-state index >= 15 is 0 Å². The molecule has 1 aliphatic rings. The number of fused-ring (bicyclic) bond motifs is 1. The highest BCUT2D eigenvalue weighted by molar-refractivity contribution is 6.03. The van der Waals surface area contributed by atoms with Crippen molar-refractivity contribution in [1.82, 2.24) is 4.57 Å². The minimum Gasteiger partial charge on any atom is -0.369 e. The number of carbonyl (C=O) groups is 1. The molecule has 0 aliphatic carbocycles. The lowest BCUT2D eigenvalue weighted by molar-refractivity contribution is 0.0980. The molecular weight excluding hydrogens is 252 g/mol. The maximum atomic E-state index is 11.9. The molecule has 1 aromatic carbocycles. The highest BCUT2D eigenvalue weighted by Crippen LogP contribution is 2.26. The Morgan fingerprint density at radius 3 is 2.60 bits per heavy atom. The average molecular weight is 268 g/mol. The molecule has 1 aromatic heterocycles. The third-order valence-corrected chi connectivity index (χ3v) is 3.66. The van der Waals surface area contributed by atoms with Gasteiger partial charge in [-0.25, -0.2) is 0 Å². The maximum absolute atomic E-state index is 11.9. The number of nitrogens with zero attached hydrogens (tertiary/aromatic N) is 2. The molecule has 0 radical (unpaired) electrons. The van der Waals surface area contributed by atoms with Gasteiger partial charge in [0, 0.05) is 49.6 Å². The molecule has 0 bridgehead atoms. The van der Waals surface area contributed by atoms with Gasteiger partial charge < -0.3 is 9.47 Å². The molecule has 0 N–H and O–H groups in total. The van der Waals surface area contributed by atoms with Crippen LogP contribution in [-0.4, -0.2) is 23.4 Å². The fourth-order valence-electron chi connectivity index (χ4n) is 2.58. The summed E-state index contributed by atoms with van der Waals surface area (Å²) in [7, 11) is 0. The summed E-state index contributed by atoms with van der Waals surface area (Å²) in [5, 5.41) is 0. The Hall–Kier alpha value is -2.36. The van der Waals surface area contributed by atoms with Gasteiger partial charge in [-0.2, -0.15) is 0 Å². The van der Waals surface area contributed by atoms with Crippen LogP contribution in [0.5, 0.6) is 0 Å². The van der Waals surface area contributed by atoms with Crippen molar-refractivity contribution in [3.8, 4) is 0 Å². The molecule has 0 atom stereocenters. The Kier molecular flexibility index (Phi) is 3.37. The quantitative estimate of drug-likeness (QED) is 0.854. The lowest BCUT2D eigenvalue weighted by atomic mass is 10.0. The highest BCUT2D eigenvalue weighted by Gasteiger charge is 2.21. The first-order valence-corrected chi connectivity index (χ1v) is 6.78. The highest BCUT2D eigenvalue weighted by atomic mass is 16.1. The maximum Gasteiger partial charge on any atom is 0.250 e. The van der Waals surface area contributed by atoms with Crippen LogP contribution < -0.4 is 10.5 Å². The SMILES string of the molecule is O=C1CCN(CCn2ccccc2=O)c2ccccc21. The topological polar surface area (TPSA) is 42.3 Å². The minimum atomic E-state index is 0.00821. The van der Waals surface area contributed by atoms with Crippen LogP contribution in [0.1, 0.15) is 16.8 Å². The summed E-state index contributed by atoms with van der Waals surface area (Å²) in [6.07, 6.45) is 2.34. The Morgan fingerprint density at radius 2 is 1.75 bits per heavy atom. The van der Waals surface area contributed by atoms with Crippen LogP contribution in [-0.2, 0) is 6.54 Å². The van der Waals surface area contributed by atoms with E-state index in [0.29, 0.717) is 13.0 Å². The van der Waals surface area contributed by atoms with Crippen molar-refractivity contribution in [3.05, 3.63) is 64.6 Å². The van der Waals surface area contributed by atoms with E-state index in [1.54, 1.807) is 22.9 Å². The van der Waals surface area contributed by atoms with E-state index in [4.69, 9.17) is 0 Å². The molecule has 4 heteroatoms. The van der Waals surface area contributed by atoms with E-state index in [1.807, 2.05) is 30.3 Å². The second-order valence-corrected chi connectivity index (χ2v) is 4.91. The van der Waals surface area contributed by atoms with Crippen molar-refractivity contribution >= 4 is 11.5 Å². The van der Waals surface area contributed by atoms with Crippen molar-refractivity contribution in [2.75, 3.05) is 18.0 Å². The zero-order chi connectivity index (χ0) is 13.9. The van der Waals surface area contributed by atoms with Gasteiger partial charge in [0.15, 0.2) is 5.78 Å². The van der Waals surface area contributed by atoms with Gasteiger partial charge in [-0.05, 0) is 18.2 Å². The normalized spacial score (nSPS) is 14.2. The number of hydrogen-bond acceptors (Lipinski definition) is 3. The predicted molar refractivity (Wildman–Crippen MR) is 78.3 cm³/mol. The van der Waals surface area contributed by atoms with Crippen LogP contribution in [0.3, 0.4) is 0 Å². The predicted octanol–water partition coefficient (Wildman–Crippen LogP) is 1.94. The van der Waals surface area contributed by atoms with E-state index in [-0.39, 0.29) is 11.3 Å². The summed E-state index contributed by atoms with van der Waals surface area (Å²) in [5.41, 5.74) is 1.78. The van der Waals surface area contributed by atoms with Crippen molar-refractivity contribution in [2.24, 2.45) is 0 Å². The van der Waals surface area contributed by atoms with E-state index in [1.165, 1.54) is 0 Å². The van der Waals surface area contributed by atoms with Crippen molar-refractivity contribution < 1.29 is 4.79 Å². The van der Waals surface area contributed by atoms with E-state index in [0.717, 1.165) is 24.3 Å². The molecule has 2 aromatic rings. The van der Waals surface area contributed by atoms with Gasteiger partial charge in [-0.15, -0.1) is 0 Å². The van der Waals surface area contributed by atoms with Crippen LogP contribution in [0, 0.1) is 0 Å². The fraction of sp³-hybridized carbons (Fsp3) is 0.250. The molecule has 0 fully saturated rings. The van der Waals surface area contributed by atoms with Gasteiger partial charge in [0.25, 0.3) is 5.56 Å². The third kappa shape index (κ3) is 2.37. The zero-order valence-corrected chi connectivity index (χ0v) is 11.2. The minimum absolute atomic E-state index is 0.00821. The van der Waals surface area contributed by atoms with Gasteiger partial charge in [0.05, 0.1) is 0 Å². The number of carbonyl (C=O) groups excluding carboxylic acids is 1. The first kappa shape index (κ1) is 12.7. The van der Waals surface area contributed by atoms with Crippen molar-refractivity contribution in [1.29, 1.82) is 0 Å². The number of hydrogen-bond donors (Lipinski definition) is 0. The first-order chi connectivity index (χ1) is 9.75. The van der Waals surface area contributed by atoms with Gasteiger partial charge in [-0.1, -0.05) is 18.2 Å². The summed E-state index contributed by atoms with van der Waals surface area (Å²) >= 11 is 0. The molecule has 2 heterocycles. The molecule has 0 unspecified atom stereocenters. The van der Waals surface area contributed by atoms with Gasteiger partial charge in [0.1, 0.15) is 0 Å². The number of benzene rings is 1. The number of ketones is 1. The lowest BCUT2D eigenvalue weighted by Crippen LogP contribution is -2.36. The Morgan fingerprint density at radius 1 is 0.950 bits per heavy atom. The second-order valence-electron chi connectivity index (χ2n) is 4.91. The van der Waals surface area contributed by atoms with Crippen molar-refractivity contribution in [3.63, 3.8) is 0 Å². The molecule has 0 amide bonds. The standard InChI is InChI=1S/C16H16N2O2/c19-15-8-10-17(14-6-2-1-5-13(14)15)11-12-18-9-4-3-7-16(18)20/h1-7,9H,8,10-12H2. The van der Waals surface area contributed by atoms with Crippen LogP contribution in [0.2, 0.25) is 0 Å². The number of rotatable bonds is 3. The van der Waals surface area contributed by atoms with Crippen LogP contribution >= 0.6 is 0 Å². The summed E-state index contributed by atoms with van der Waals surface area (Å²) in [6, 6.07) is 12.8. The number of anilines is 1. The van der Waals surface area contributed by atoms with Crippen LogP contribution in [0.4, 0.5) is 5.69 Å². The lowest BCUT2D eigenvalue weighted by Gasteiger charge is -2.30. The number of Topliss-reactive ketones (excluding diaryl/α,β-unsaturated/α-hetero) is 1. The van der Waals surface area contributed by atoms with E-state index < -0.39 is 0 Å². The molecule has 4 nitrogen and oxygen atoms in total. The summed E-state index contributed by atoms with van der Waals surface area (Å²) in [5.74, 6) is 0.203. The Balaban J connectivity index is 1.80. The summed E-state index contributed by atoms with van der Waals surface area (Å²) < 4.78 is 1.69. The molecule has 3 rings (SSSR count). The van der Waals surface area contributed by atoms with Crippen molar-refractivity contribution in [2.45, 2.75) is 13.0 Å². The largest absolute Gasteiger partial charge is 0.369 e. The van der Waals surface area contributed by atoms with Crippen LogP contribution in [0.15, 0.2) is 53.5 Å². The molecule has 20 heavy (non-hydrogen) atoms. The first-order valence-electron chi connectivity index (χ1n) is 6.78.